The number of benzene rings is 3. The third-order valence-corrected chi connectivity index (χ3v) is 3.96. The Labute approximate surface area is 153 Å². The Kier molecular flexibility index (Phi) is 5.18. The van der Waals surface area contributed by atoms with Crippen LogP contribution in [-0.2, 0) is 0 Å². The summed E-state index contributed by atoms with van der Waals surface area (Å²) in [6, 6.07) is 21.1. The molecule has 0 aliphatic heterocycles. The molecular weight excluding hydrogens is 322 g/mol. The normalized spacial score (nSPS) is 10.8. The summed E-state index contributed by atoms with van der Waals surface area (Å²) in [5.74, 6) is 0.890. The van der Waals surface area contributed by atoms with Gasteiger partial charge in [0.15, 0.2) is 11.5 Å². The van der Waals surface area contributed by atoms with E-state index in [-0.39, 0.29) is 5.75 Å². The molecule has 0 atom stereocenters. The van der Waals surface area contributed by atoms with E-state index in [0.29, 0.717) is 17.1 Å². The van der Waals surface area contributed by atoms with E-state index < -0.39 is 0 Å². The molecule has 3 nitrogen and oxygen atoms in total. The first kappa shape index (κ1) is 17.5. The van der Waals surface area contributed by atoms with E-state index in [0.717, 1.165) is 16.8 Å². The van der Waals surface area contributed by atoms with Gasteiger partial charge in [0.2, 0.25) is 0 Å². The van der Waals surface area contributed by atoms with Gasteiger partial charge in [-0.3, -0.25) is 4.99 Å². The lowest BCUT2D eigenvalue weighted by Crippen LogP contribution is -1.96. The van der Waals surface area contributed by atoms with Crippen LogP contribution in [0.25, 0.3) is 5.76 Å². The molecule has 0 aromatic heterocycles. The second kappa shape index (κ2) is 7.70. The van der Waals surface area contributed by atoms with Crippen molar-refractivity contribution in [1.82, 2.24) is 0 Å². The predicted octanol–water partition coefficient (Wildman–Crippen LogP) is 5.81. The first-order valence-corrected chi connectivity index (χ1v) is 8.39. The third kappa shape index (κ3) is 4.19. The molecule has 3 aromatic rings. The van der Waals surface area contributed by atoms with Crippen LogP contribution in [0.2, 0.25) is 0 Å². The fraction of sp³-hybridized carbons (Fsp3) is 0.0870. The summed E-state index contributed by atoms with van der Waals surface area (Å²) in [5, 5.41) is 10.6. The molecule has 0 amide bonds. The topological polar surface area (TPSA) is 41.8 Å². The van der Waals surface area contributed by atoms with Crippen molar-refractivity contribution >= 4 is 17.7 Å². The predicted molar refractivity (Wildman–Crippen MR) is 107 cm³/mol. The Balaban J connectivity index is 1.86. The van der Waals surface area contributed by atoms with Gasteiger partial charge < -0.3 is 9.84 Å². The van der Waals surface area contributed by atoms with Gasteiger partial charge in [0.05, 0.1) is 5.69 Å². The Morgan fingerprint density at radius 1 is 0.962 bits per heavy atom. The molecule has 0 bridgehead atoms. The van der Waals surface area contributed by atoms with Crippen LogP contribution in [-0.4, -0.2) is 11.3 Å². The molecule has 0 aliphatic rings. The van der Waals surface area contributed by atoms with Crippen molar-refractivity contribution in [1.29, 1.82) is 0 Å². The maximum Gasteiger partial charge on any atom is 0.169 e. The summed E-state index contributed by atoms with van der Waals surface area (Å²) in [6.45, 7) is 7.93. The van der Waals surface area contributed by atoms with E-state index in [1.807, 2.05) is 74.5 Å². The molecule has 0 unspecified atom stereocenters. The lowest BCUT2D eigenvalue weighted by atomic mass is 10.1. The fourth-order valence-corrected chi connectivity index (χ4v) is 2.54. The van der Waals surface area contributed by atoms with Crippen LogP contribution in [0.4, 0.5) is 5.69 Å². The highest BCUT2D eigenvalue weighted by Gasteiger charge is 2.11. The van der Waals surface area contributed by atoms with Crippen LogP contribution in [0, 0.1) is 13.8 Å². The standard InChI is InChI=1S/C23H21NO2/c1-16-9-11-21(12-10-16)24-15-20-13-17(2)14-22(23(20)25)26-18(3)19-7-5-4-6-8-19/h4-15,25H,3H2,1-2H3. The molecular formula is C23H21NO2. The summed E-state index contributed by atoms with van der Waals surface area (Å²) in [4.78, 5) is 4.43. The van der Waals surface area contributed by atoms with Gasteiger partial charge in [-0.2, -0.15) is 0 Å². The van der Waals surface area contributed by atoms with Crippen LogP contribution in [0.15, 0.2) is 78.3 Å². The Bertz CT molecular complexity index is 942. The lowest BCUT2D eigenvalue weighted by Gasteiger charge is -2.12. The van der Waals surface area contributed by atoms with Gasteiger partial charge in [-0.05, 0) is 43.7 Å². The lowest BCUT2D eigenvalue weighted by molar-refractivity contribution is 0.423. The second-order valence-corrected chi connectivity index (χ2v) is 6.19. The van der Waals surface area contributed by atoms with Gasteiger partial charge >= 0.3 is 0 Å². The van der Waals surface area contributed by atoms with Gasteiger partial charge in [0.25, 0.3) is 0 Å². The van der Waals surface area contributed by atoms with E-state index in [1.54, 1.807) is 12.3 Å². The number of ether oxygens (including phenoxy) is 1. The molecule has 130 valence electrons. The highest BCUT2D eigenvalue weighted by atomic mass is 16.5. The second-order valence-electron chi connectivity index (χ2n) is 6.19. The fourth-order valence-electron chi connectivity index (χ4n) is 2.54. The Hall–Kier alpha value is -3.33. The van der Waals surface area contributed by atoms with E-state index >= 15 is 0 Å². The van der Waals surface area contributed by atoms with Gasteiger partial charge in [-0.1, -0.05) is 54.6 Å². The minimum Gasteiger partial charge on any atom is -0.504 e. The summed E-state index contributed by atoms with van der Waals surface area (Å²) < 4.78 is 5.81. The zero-order chi connectivity index (χ0) is 18.5. The van der Waals surface area contributed by atoms with Crippen LogP contribution < -0.4 is 4.74 Å². The molecule has 3 heteroatoms. The van der Waals surface area contributed by atoms with Crippen LogP contribution in [0.5, 0.6) is 11.5 Å². The zero-order valence-corrected chi connectivity index (χ0v) is 14.9. The number of aromatic hydroxyl groups is 1. The average Bonchev–Trinajstić information content (AvgIpc) is 2.65. The van der Waals surface area contributed by atoms with Crippen molar-refractivity contribution in [2.75, 3.05) is 0 Å². The molecule has 3 rings (SSSR count). The van der Waals surface area contributed by atoms with Crippen molar-refractivity contribution in [3.8, 4) is 11.5 Å². The maximum atomic E-state index is 10.6. The monoisotopic (exact) mass is 343 g/mol. The zero-order valence-electron chi connectivity index (χ0n) is 14.9. The van der Waals surface area contributed by atoms with Crippen molar-refractivity contribution in [2.45, 2.75) is 13.8 Å². The van der Waals surface area contributed by atoms with Crippen molar-refractivity contribution < 1.29 is 9.84 Å². The molecule has 0 radical (unpaired) electrons. The van der Waals surface area contributed by atoms with Gasteiger partial charge in [0.1, 0.15) is 5.76 Å². The number of rotatable bonds is 5. The average molecular weight is 343 g/mol. The molecule has 26 heavy (non-hydrogen) atoms. The SMILES string of the molecule is C=C(Oc1cc(C)cc(C=Nc2ccc(C)cc2)c1O)c1ccccc1. The van der Waals surface area contributed by atoms with Crippen molar-refractivity contribution in [3.05, 3.63) is 95.6 Å². The van der Waals surface area contributed by atoms with E-state index in [1.165, 1.54) is 5.56 Å². The number of hydrogen-bond acceptors (Lipinski definition) is 3. The summed E-state index contributed by atoms with van der Waals surface area (Å²) in [7, 11) is 0. The molecule has 0 heterocycles. The number of aliphatic imine (C=N–C) groups is 1. The van der Waals surface area contributed by atoms with Gasteiger partial charge in [-0.25, -0.2) is 0 Å². The number of aryl methyl sites for hydroxylation is 2. The summed E-state index contributed by atoms with van der Waals surface area (Å²) >= 11 is 0. The molecule has 0 spiro atoms. The van der Waals surface area contributed by atoms with Crippen LogP contribution >= 0.6 is 0 Å². The largest absolute Gasteiger partial charge is 0.504 e. The Morgan fingerprint density at radius 3 is 2.35 bits per heavy atom. The van der Waals surface area contributed by atoms with E-state index in [4.69, 9.17) is 4.74 Å². The molecule has 0 saturated heterocycles. The first-order chi connectivity index (χ1) is 12.5. The first-order valence-electron chi connectivity index (χ1n) is 8.39. The maximum absolute atomic E-state index is 10.6. The Morgan fingerprint density at radius 2 is 1.65 bits per heavy atom. The summed E-state index contributed by atoms with van der Waals surface area (Å²) in [5.41, 5.74) is 4.43. The van der Waals surface area contributed by atoms with Crippen LogP contribution in [0.1, 0.15) is 22.3 Å². The third-order valence-electron chi connectivity index (χ3n) is 3.96. The molecule has 0 aliphatic carbocycles. The highest BCUT2D eigenvalue weighted by molar-refractivity contribution is 5.87. The van der Waals surface area contributed by atoms with Crippen LogP contribution in [0.3, 0.4) is 0 Å². The van der Waals surface area contributed by atoms with Gasteiger partial charge in [-0.15, -0.1) is 0 Å². The smallest absolute Gasteiger partial charge is 0.169 e. The quantitative estimate of drug-likeness (QED) is 0.469. The highest BCUT2D eigenvalue weighted by Crippen LogP contribution is 2.33. The minimum atomic E-state index is 0.0449. The molecule has 3 aromatic carbocycles. The summed E-state index contributed by atoms with van der Waals surface area (Å²) in [6.07, 6.45) is 1.64. The van der Waals surface area contributed by atoms with Crippen molar-refractivity contribution in [2.24, 2.45) is 4.99 Å². The number of phenolic OH excluding ortho intramolecular Hbond substituents is 1. The number of nitrogens with zero attached hydrogens (tertiary/aromatic N) is 1. The van der Waals surface area contributed by atoms with E-state index in [9.17, 15) is 5.11 Å². The number of phenols is 1. The minimum absolute atomic E-state index is 0.0449. The molecule has 0 fully saturated rings. The number of hydrogen-bond donors (Lipinski definition) is 1. The van der Waals surface area contributed by atoms with E-state index in [2.05, 4.69) is 11.6 Å². The van der Waals surface area contributed by atoms with Crippen molar-refractivity contribution in [3.63, 3.8) is 0 Å². The molecule has 0 saturated carbocycles. The molecule has 1 N–H and O–H groups in total. The van der Waals surface area contributed by atoms with Gasteiger partial charge in [0, 0.05) is 17.3 Å².